The van der Waals surface area contributed by atoms with Crippen molar-refractivity contribution >= 4 is 11.6 Å². The molecule has 2 heterocycles. The van der Waals surface area contributed by atoms with Gasteiger partial charge in [-0.3, -0.25) is 4.79 Å². The predicted octanol–water partition coefficient (Wildman–Crippen LogP) is 2.08. The van der Waals surface area contributed by atoms with E-state index in [1.54, 1.807) is 0 Å². The highest BCUT2D eigenvalue weighted by molar-refractivity contribution is 5.80. The highest BCUT2D eigenvalue weighted by Gasteiger charge is 2.45. The number of ether oxygens (including phenoxy) is 2. The van der Waals surface area contributed by atoms with Gasteiger partial charge in [-0.1, -0.05) is 12.2 Å². The smallest absolute Gasteiger partial charge is 0.231 e. The van der Waals surface area contributed by atoms with Gasteiger partial charge >= 0.3 is 0 Å². The van der Waals surface area contributed by atoms with E-state index in [1.165, 1.54) is 0 Å². The third-order valence-corrected chi connectivity index (χ3v) is 4.83. The molecule has 5 nitrogen and oxygen atoms in total. The first-order valence-electron chi connectivity index (χ1n) is 7.33. The third-order valence-electron chi connectivity index (χ3n) is 4.83. The standard InChI is InChI=1S/C16H18N2O3/c17-12-8-14-13(20-9-21-14)7-10(12)11-3-1-2-5-16(11)6-4-15(19)18-16/h1-2,7-8,11H,3-6,9,17H2,(H,18,19)/t11-,16+/m0/s1. The van der Waals surface area contributed by atoms with Crippen molar-refractivity contribution < 1.29 is 14.3 Å². The average molecular weight is 286 g/mol. The second kappa shape index (κ2) is 4.41. The molecule has 1 spiro atoms. The summed E-state index contributed by atoms with van der Waals surface area (Å²) in [5.74, 6) is 1.76. The lowest BCUT2D eigenvalue weighted by molar-refractivity contribution is -0.119. The number of allylic oxidation sites excluding steroid dienone is 1. The molecule has 0 saturated carbocycles. The molecule has 21 heavy (non-hydrogen) atoms. The maximum atomic E-state index is 11.8. The summed E-state index contributed by atoms with van der Waals surface area (Å²) in [6.07, 6.45) is 7.51. The minimum absolute atomic E-state index is 0.134. The minimum Gasteiger partial charge on any atom is -0.454 e. The molecule has 0 radical (unpaired) electrons. The van der Waals surface area contributed by atoms with E-state index in [-0.39, 0.29) is 24.2 Å². The van der Waals surface area contributed by atoms with Gasteiger partial charge < -0.3 is 20.5 Å². The molecule has 1 fully saturated rings. The van der Waals surface area contributed by atoms with E-state index in [1.807, 2.05) is 12.1 Å². The zero-order valence-electron chi connectivity index (χ0n) is 11.7. The molecule has 1 saturated heterocycles. The van der Waals surface area contributed by atoms with Crippen LogP contribution >= 0.6 is 0 Å². The maximum Gasteiger partial charge on any atom is 0.231 e. The number of fused-ring (bicyclic) bond motifs is 1. The van der Waals surface area contributed by atoms with Gasteiger partial charge in [0, 0.05) is 24.1 Å². The largest absolute Gasteiger partial charge is 0.454 e. The van der Waals surface area contributed by atoms with Crippen molar-refractivity contribution in [1.29, 1.82) is 0 Å². The normalized spacial score (nSPS) is 29.9. The van der Waals surface area contributed by atoms with E-state index < -0.39 is 0 Å². The summed E-state index contributed by atoms with van der Waals surface area (Å²) in [5.41, 5.74) is 7.79. The summed E-state index contributed by atoms with van der Waals surface area (Å²) in [5, 5.41) is 3.19. The number of rotatable bonds is 1. The quantitative estimate of drug-likeness (QED) is 0.612. The lowest BCUT2D eigenvalue weighted by Crippen LogP contribution is -2.47. The van der Waals surface area contributed by atoms with E-state index in [0.29, 0.717) is 17.9 Å². The Kier molecular flexibility index (Phi) is 2.64. The Morgan fingerprint density at radius 3 is 2.81 bits per heavy atom. The first kappa shape index (κ1) is 12.6. The van der Waals surface area contributed by atoms with Gasteiger partial charge in [0.05, 0.1) is 5.54 Å². The molecule has 2 aliphatic heterocycles. The Balaban J connectivity index is 1.78. The SMILES string of the molecule is Nc1cc2c(cc1[C@@H]1CC=CC[C@@]13CCC(=O)N3)OCO2. The molecule has 5 heteroatoms. The summed E-state index contributed by atoms with van der Waals surface area (Å²) in [6, 6.07) is 3.81. The fourth-order valence-electron chi connectivity index (χ4n) is 3.75. The second-order valence-electron chi connectivity index (χ2n) is 6.00. The number of hydrogen-bond acceptors (Lipinski definition) is 4. The van der Waals surface area contributed by atoms with E-state index in [0.717, 1.165) is 30.6 Å². The molecular weight excluding hydrogens is 268 g/mol. The van der Waals surface area contributed by atoms with Gasteiger partial charge in [0.15, 0.2) is 11.5 Å². The summed E-state index contributed by atoms with van der Waals surface area (Å²) in [6.45, 7) is 0.241. The van der Waals surface area contributed by atoms with Gasteiger partial charge in [0.25, 0.3) is 0 Å². The molecule has 1 aromatic carbocycles. The van der Waals surface area contributed by atoms with Crippen LogP contribution in [0.15, 0.2) is 24.3 Å². The van der Waals surface area contributed by atoms with Gasteiger partial charge in [-0.2, -0.15) is 0 Å². The molecule has 1 aromatic rings. The van der Waals surface area contributed by atoms with E-state index in [2.05, 4.69) is 17.5 Å². The number of amides is 1. The lowest BCUT2D eigenvalue weighted by atomic mass is 9.71. The van der Waals surface area contributed by atoms with Crippen LogP contribution in [-0.2, 0) is 4.79 Å². The molecule has 3 aliphatic rings. The first-order valence-corrected chi connectivity index (χ1v) is 7.33. The van der Waals surface area contributed by atoms with Gasteiger partial charge in [0.1, 0.15) is 0 Å². The van der Waals surface area contributed by atoms with Crippen molar-refractivity contribution in [3.05, 3.63) is 29.8 Å². The van der Waals surface area contributed by atoms with Crippen LogP contribution in [0.5, 0.6) is 11.5 Å². The van der Waals surface area contributed by atoms with Gasteiger partial charge in [-0.15, -0.1) is 0 Å². The number of nitrogens with one attached hydrogen (secondary N) is 1. The summed E-state index contributed by atoms with van der Waals surface area (Å²) in [4.78, 5) is 11.8. The number of nitrogen functional groups attached to an aromatic ring is 1. The molecular formula is C16H18N2O3. The maximum absolute atomic E-state index is 11.8. The first-order chi connectivity index (χ1) is 10.2. The van der Waals surface area contributed by atoms with Crippen molar-refractivity contribution in [3.63, 3.8) is 0 Å². The fraction of sp³-hybridized carbons (Fsp3) is 0.438. The number of carbonyl (C=O) groups is 1. The van der Waals surface area contributed by atoms with E-state index in [4.69, 9.17) is 15.2 Å². The molecule has 2 atom stereocenters. The summed E-state index contributed by atoms with van der Waals surface area (Å²) >= 11 is 0. The Labute approximate surface area is 123 Å². The van der Waals surface area contributed by atoms with Crippen LogP contribution in [0.1, 0.15) is 37.2 Å². The van der Waals surface area contributed by atoms with Gasteiger partial charge in [0.2, 0.25) is 12.7 Å². The topological polar surface area (TPSA) is 73.6 Å². The van der Waals surface area contributed by atoms with Crippen LogP contribution < -0.4 is 20.5 Å². The molecule has 110 valence electrons. The van der Waals surface area contributed by atoms with E-state index in [9.17, 15) is 4.79 Å². The van der Waals surface area contributed by atoms with Crippen LogP contribution in [0.4, 0.5) is 5.69 Å². The van der Waals surface area contributed by atoms with E-state index >= 15 is 0 Å². The van der Waals surface area contributed by atoms with Crippen LogP contribution in [0.2, 0.25) is 0 Å². The van der Waals surface area contributed by atoms with Crippen molar-refractivity contribution in [2.24, 2.45) is 0 Å². The molecule has 0 bridgehead atoms. The van der Waals surface area contributed by atoms with Crippen molar-refractivity contribution in [3.8, 4) is 11.5 Å². The van der Waals surface area contributed by atoms with Crippen LogP contribution in [0.3, 0.4) is 0 Å². The van der Waals surface area contributed by atoms with Gasteiger partial charge in [-0.05, 0) is 30.9 Å². The number of nitrogens with two attached hydrogens (primary N) is 1. The average Bonchev–Trinajstić information content (AvgIpc) is 3.06. The Bertz CT molecular complexity index is 641. The number of anilines is 1. The van der Waals surface area contributed by atoms with Crippen LogP contribution in [0, 0.1) is 0 Å². The predicted molar refractivity (Wildman–Crippen MR) is 78.2 cm³/mol. The number of benzene rings is 1. The van der Waals surface area contributed by atoms with Gasteiger partial charge in [-0.25, -0.2) is 0 Å². The lowest BCUT2D eigenvalue weighted by Gasteiger charge is -2.39. The monoisotopic (exact) mass is 286 g/mol. The molecule has 3 N–H and O–H groups in total. The number of hydrogen-bond donors (Lipinski definition) is 2. The fourth-order valence-corrected chi connectivity index (χ4v) is 3.75. The number of carbonyl (C=O) groups excluding carboxylic acids is 1. The zero-order chi connectivity index (χ0) is 14.4. The van der Waals surface area contributed by atoms with Crippen molar-refractivity contribution in [1.82, 2.24) is 5.32 Å². The van der Waals surface area contributed by atoms with Crippen LogP contribution in [-0.4, -0.2) is 18.2 Å². The molecule has 1 amide bonds. The molecule has 0 aromatic heterocycles. The van der Waals surface area contributed by atoms with Crippen molar-refractivity contribution in [2.45, 2.75) is 37.1 Å². The van der Waals surface area contributed by atoms with Crippen LogP contribution in [0.25, 0.3) is 0 Å². The zero-order valence-corrected chi connectivity index (χ0v) is 11.7. The third kappa shape index (κ3) is 1.87. The highest BCUT2D eigenvalue weighted by Crippen LogP contribution is 2.48. The summed E-state index contributed by atoms with van der Waals surface area (Å²) < 4.78 is 10.8. The minimum atomic E-state index is -0.201. The van der Waals surface area contributed by atoms with Crippen molar-refractivity contribution in [2.75, 3.05) is 12.5 Å². The summed E-state index contributed by atoms with van der Waals surface area (Å²) in [7, 11) is 0. The highest BCUT2D eigenvalue weighted by atomic mass is 16.7. The Morgan fingerprint density at radius 1 is 1.24 bits per heavy atom. The molecule has 0 unspecified atom stereocenters. The molecule has 4 rings (SSSR count). The molecule has 1 aliphatic carbocycles. The Hall–Kier alpha value is -2.17. The Morgan fingerprint density at radius 2 is 2.05 bits per heavy atom. The second-order valence-corrected chi connectivity index (χ2v) is 6.00.